The molecule has 0 atom stereocenters. The molecule has 0 aliphatic carbocycles. The van der Waals surface area contributed by atoms with E-state index in [9.17, 15) is 0 Å². The molecule has 0 N–H and O–H groups in total. The third-order valence-corrected chi connectivity index (χ3v) is 3.07. The highest BCUT2D eigenvalue weighted by Crippen LogP contribution is 2.19. The number of nitrogens with zero attached hydrogens (tertiary/aromatic N) is 2. The normalized spacial score (nSPS) is 16.2. The van der Waals surface area contributed by atoms with Gasteiger partial charge in [-0.05, 0) is 44.2 Å². The summed E-state index contributed by atoms with van der Waals surface area (Å²) in [5, 5.41) is 0. The number of piperazine rings is 1. The highest BCUT2D eigenvalue weighted by molar-refractivity contribution is 5.51. The first-order chi connectivity index (χ1) is 8.56. The smallest absolute Gasteiger partial charge is 0.0372 e. The molecule has 102 valence electrons. The van der Waals surface area contributed by atoms with Crippen LogP contribution in [-0.4, -0.2) is 52.3 Å². The predicted molar refractivity (Wildman–Crippen MR) is 78.6 cm³/mol. The maximum atomic E-state index is 4.25. The molecule has 1 aliphatic heterocycles. The Morgan fingerprint density at radius 1 is 0.889 bits per heavy atom. The number of anilines is 1. The molecule has 1 heterocycles. The van der Waals surface area contributed by atoms with Gasteiger partial charge in [-0.3, -0.25) is 0 Å². The molecular formula is C15H26N2O. The second-order valence-electron chi connectivity index (χ2n) is 5.04. The minimum absolute atomic E-state index is 1.15. The Kier molecular flexibility index (Phi) is 6.16. The summed E-state index contributed by atoms with van der Waals surface area (Å²) in [7, 11) is 5.44. The van der Waals surface area contributed by atoms with E-state index in [1.165, 1.54) is 29.9 Å². The van der Waals surface area contributed by atoms with Crippen LogP contribution in [0.2, 0.25) is 0 Å². The van der Waals surface area contributed by atoms with Crippen molar-refractivity contribution in [3.8, 4) is 0 Å². The molecule has 0 aromatic heterocycles. The monoisotopic (exact) mass is 250 g/mol. The average Bonchev–Trinajstić information content (AvgIpc) is 2.29. The van der Waals surface area contributed by atoms with Crippen LogP contribution >= 0.6 is 0 Å². The highest BCUT2D eigenvalue weighted by Gasteiger charge is 2.14. The Labute approximate surface area is 111 Å². The molecule has 3 heteroatoms. The van der Waals surface area contributed by atoms with E-state index in [4.69, 9.17) is 0 Å². The maximum absolute atomic E-state index is 4.25. The van der Waals surface area contributed by atoms with E-state index >= 15 is 0 Å². The van der Waals surface area contributed by atoms with Gasteiger partial charge in [-0.2, -0.15) is 0 Å². The Hall–Kier alpha value is -1.06. The summed E-state index contributed by atoms with van der Waals surface area (Å²) in [6.45, 7) is 9.00. The third kappa shape index (κ3) is 4.67. The number of benzene rings is 1. The Balaban J connectivity index is 0.000000492. The fraction of sp³-hybridized carbons (Fsp3) is 0.600. The SMILES string of the molecule is COC.Cc1cc(C)cc(N2CCN(C)CC2)c1. The zero-order valence-electron chi connectivity index (χ0n) is 12.4. The highest BCUT2D eigenvalue weighted by atomic mass is 16.4. The van der Waals surface area contributed by atoms with Crippen LogP contribution in [0.1, 0.15) is 11.1 Å². The topological polar surface area (TPSA) is 15.7 Å². The standard InChI is InChI=1S/C13H20N2.C2H6O/c1-11-8-12(2)10-13(9-11)15-6-4-14(3)5-7-15;1-3-2/h8-10H,4-7H2,1-3H3;1-2H3. The average molecular weight is 250 g/mol. The number of likely N-dealkylation sites (N-methyl/N-ethyl adjacent to an activating group) is 1. The summed E-state index contributed by atoms with van der Waals surface area (Å²) in [6.07, 6.45) is 0. The van der Waals surface area contributed by atoms with Gasteiger partial charge in [-0.1, -0.05) is 6.07 Å². The second kappa shape index (κ2) is 7.39. The number of hydrogen-bond acceptors (Lipinski definition) is 3. The molecular weight excluding hydrogens is 224 g/mol. The molecule has 1 aromatic rings. The largest absolute Gasteiger partial charge is 0.388 e. The van der Waals surface area contributed by atoms with Crippen LogP contribution in [0.3, 0.4) is 0 Å². The van der Waals surface area contributed by atoms with Crippen molar-refractivity contribution in [3.05, 3.63) is 29.3 Å². The molecule has 18 heavy (non-hydrogen) atoms. The van der Waals surface area contributed by atoms with Crippen LogP contribution in [0.4, 0.5) is 5.69 Å². The van der Waals surface area contributed by atoms with Crippen molar-refractivity contribution in [1.29, 1.82) is 0 Å². The number of ether oxygens (including phenoxy) is 1. The minimum Gasteiger partial charge on any atom is -0.388 e. The molecule has 3 nitrogen and oxygen atoms in total. The summed E-state index contributed by atoms with van der Waals surface area (Å²) in [5.74, 6) is 0. The number of rotatable bonds is 1. The van der Waals surface area contributed by atoms with Crippen molar-refractivity contribution in [2.75, 3.05) is 52.3 Å². The third-order valence-electron chi connectivity index (χ3n) is 3.07. The van der Waals surface area contributed by atoms with Crippen LogP contribution in [-0.2, 0) is 4.74 Å². The van der Waals surface area contributed by atoms with Crippen molar-refractivity contribution in [1.82, 2.24) is 4.90 Å². The lowest BCUT2D eigenvalue weighted by atomic mass is 10.1. The van der Waals surface area contributed by atoms with Crippen molar-refractivity contribution in [2.45, 2.75) is 13.8 Å². The molecule has 1 fully saturated rings. The van der Waals surface area contributed by atoms with E-state index in [1.54, 1.807) is 14.2 Å². The van der Waals surface area contributed by atoms with Gasteiger partial charge in [0.25, 0.3) is 0 Å². The predicted octanol–water partition coefficient (Wildman–Crippen LogP) is 2.32. The molecule has 1 aromatic carbocycles. The van der Waals surface area contributed by atoms with Crippen LogP contribution in [0, 0.1) is 13.8 Å². The van der Waals surface area contributed by atoms with Crippen molar-refractivity contribution in [3.63, 3.8) is 0 Å². The summed E-state index contributed by atoms with van der Waals surface area (Å²) < 4.78 is 4.25. The first-order valence-corrected chi connectivity index (χ1v) is 6.48. The van der Waals surface area contributed by atoms with Gasteiger partial charge in [0.05, 0.1) is 0 Å². The lowest BCUT2D eigenvalue weighted by Crippen LogP contribution is -2.44. The van der Waals surface area contributed by atoms with Gasteiger partial charge < -0.3 is 14.5 Å². The van der Waals surface area contributed by atoms with Gasteiger partial charge in [-0.15, -0.1) is 0 Å². The van der Waals surface area contributed by atoms with Crippen molar-refractivity contribution < 1.29 is 4.74 Å². The van der Waals surface area contributed by atoms with Gasteiger partial charge >= 0.3 is 0 Å². The maximum Gasteiger partial charge on any atom is 0.0372 e. The zero-order valence-corrected chi connectivity index (χ0v) is 12.4. The van der Waals surface area contributed by atoms with Gasteiger partial charge in [0.15, 0.2) is 0 Å². The Bertz CT molecular complexity index is 337. The summed E-state index contributed by atoms with van der Waals surface area (Å²) >= 11 is 0. The molecule has 0 unspecified atom stereocenters. The van der Waals surface area contributed by atoms with Crippen molar-refractivity contribution in [2.24, 2.45) is 0 Å². The van der Waals surface area contributed by atoms with E-state index in [0.717, 1.165) is 13.1 Å². The Morgan fingerprint density at radius 3 is 1.78 bits per heavy atom. The van der Waals surface area contributed by atoms with Crippen LogP contribution in [0.15, 0.2) is 18.2 Å². The minimum atomic E-state index is 1.15. The van der Waals surface area contributed by atoms with Gasteiger partial charge in [0, 0.05) is 46.1 Å². The first kappa shape index (κ1) is 15.0. The molecule has 0 saturated carbocycles. The lowest BCUT2D eigenvalue weighted by Gasteiger charge is -2.34. The van der Waals surface area contributed by atoms with E-state index < -0.39 is 0 Å². The number of aryl methyl sites for hydroxylation is 2. The Morgan fingerprint density at radius 2 is 1.33 bits per heavy atom. The van der Waals surface area contributed by atoms with Gasteiger partial charge in [0.1, 0.15) is 0 Å². The summed E-state index contributed by atoms with van der Waals surface area (Å²) in [5.41, 5.74) is 4.12. The van der Waals surface area contributed by atoms with E-state index in [1.807, 2.05) is 0 Å². The molecule has 0 spiro atoms. The van der Waals surface area contributed by atoms with Gasteiger partial charge in [-0.25, -0.2) is 0 Å². The number of methoxy groups -OCH3 is 1. The van der Waals surface area contributed by atoms with Crippen molar-refractivity contribution >= 4 is 5.69 Å². The fourth-order valence-corrected chi connectivity index (χ4v) is 2.20. The van der Waals surface area contributed by atoms with Crippen LogP contribution < -0.4 is 4.90 Å². The summed E-state index contributed by atoms with van der Waals surface area (Å²) in [4.78, 5) is 4.87. The van der Waals surface area contributed by atoms with E-state index in [-0.39, 0.29) is 0 Å². The second-order valence-corrected chi connectivity index (χ2v) is 5.04. The molecule has 0 radical (unpaired) electrons. The van der Waals surface area contributed by atoms with E-state index in [0.29, 0.717) is 0 Å². The lowest BCUT2D eigenvalue weighted by molar-refractivity contribution is 0.277. The fourth-order valence-electron chi connectivity index (χ4n) is 2.20. The molecule has 2 rings (SSSR count). The first-order valence-electron chi connectivity index (χ1n) is 6.48. The number of hydrogen-bond donors (Lipinski definition) is 0. The summed E-state index contributed by atoms with van der Waals surface area (Å²) in [6, 6.07) is 6.82. The van der Waals surface area contributed by atoms with E-state index in [2.05, 4.69) is 53.6 Å². The van der Waals surface area contributed by atoms with Crippen LogP contribution in [0.5, 0.6) is 0 Å². The van der Waals surface area contributed by atoms with Crippen LogP contribution in [0.25, 0.3) is 0 Å². The van der Waals surface area contributed by atoms with Gasteiger partial charge in [0.2, 0.25) is 0 Å². The molecule has 0 amide bonds. The quantitative estimate of drug-likeness (QED) is 0.761. The molecule has 0 bridgehead atoms. The zero-order chi connectivity index (χ0) is 13.5. The molecule has 1 aliphatic rings. The molecule has 1 saturated heterocycles.